The zero-order valence-electron chi connectivity index (χ0n) is 15.5. The van der Waals surface area contributed by atoms with Crippen molar-refractivity contribution < 1.29 is 0 Å². The fourth-order valence-corrected chi connectivity index (χ4v) is 4.65. The Morgan fingerprint density at radius 3 is 2.74 bits per heavy atom. The molecule has 0 saturated heterocycles. The molecule has 1 saturated carbocycles. The highest BCUT2D eigenvalue weighted by Crippen LogP contribution is 2.34. The van der Waals surface area contributed by atoms with Gasteiger partial charge in [-0.25, -0.2) is 9.50 Å². The van der Waals surface area contributed by atoms with Crippen molar-refractivity contribution in [2.45, 2.75) is 44.9 Å². The molecule has 1 aromatic carbocycles. The van der Waals surface area contributed by atoms with Crippen molar-refractivity contribution >= 4 is 31.2 Å². The van der Waals surface area contributed by atoms with E-state index in [0.717, 1.165) is 33.1 Å². The molecule has 4 aromatic rings. The SMILES string of the molecule is Cc1c(C2CCCCC2)nc2c(-c3cnc4ccccc4c3)cnn2c1P. The van der Waals surface area contributed by atoms with E-state index in [4.69, 9.17) is 4.98 Å². The molecule has 0 radical (unpaired) electrons. The molecular weight excluding hydrogens is 351 g/mol. The Morgan fingerprint density at radius 1 is 1.07 bits per heavy atom. The number of benzene rings is 1. The van der Waals surface area contributed by atoms with Crippen LogP contribution in [0.3, 0.4) is 0 Å². The maximum absolute atomic E-state index is 5.14. The average Bonchev–Trinajstić information content (AvgIpc) is 3.15. The van der Waals surface area contributed by atoms with E-state index in [0.29, 0.717) is 5.92 Å². The zero-order chi connectivity index (χ0) is 18.4. The van der Waals surface area contributed by atoms with Gasteiger partial charge in [0, 0.05) is 28.6 Å². The van der Waals surface area contributed by atoms with E-state index in [2.05, 4.69) is 38.4 Å². The Bertz CT molecular complexity index is 1140. The minimum atomic E-state index is 0.570. The van der Waals surface area contributed by atoms with Gasteiger partial charge in [-0.15, -0.1) is 0 Å². The molecule has 0 bridgehead atoms. The van der Waals surface area contributed by atoms with Gasteiger partial charge in [-0.3, -0.25) is 4.98 Å². The highest BCUT2D eigenvalue weighted by atomic mass is 31.0. The van der Waals surface area contributed by atoms with Crippen molar-refractivity contribution in [3.05, 3.63) is 54.0 Å². The minimum absolute atomic E-state index is 0.570. The fraction of sp³-hybridized carbons (Fsp3) is 0.318. The van der Waals surface area contributed by atoms with Crippen LogP contribution >= 0.6 is 9.24 Å². The van der Waals surface area contributed by atoms with Gasteiger partial charge in [0.1, 0.15) is 0 Å². The third-order valence-corrected chi connectivity index (χ3v) is 6.54. The molecule has 1 aliphatic rings. The largest absolute Gasteiger partial charge is 0.256 e. The highest BCUT2D eigenvalue weighted by molar-refractivity contribution is 7.27. The highest BCUT2D eigenvalue weighted by Gasteiger charge is 2.22. The molecule has 27 heavy (non-hydrogen) atoms. The molecule has 5 rings (SSSR count). The van der Waals surface area contributed by atoms with Crippen molar-refractivity contribution in [1.29, 1.82) is 0 Å². The summed E-state index contributed by atoms with van der Waals surface area (Å²) in [5, 5.41) is 5.77. The van der Waals surface area contributed by atoms with E-state index in [-0.39, 0.29) is 0 Å². The average molecular weight is 374 g/mol. The Morgan fingerprint density at radius 2 is 1.89 bits per heavy atom. The quantitative estimate of drug-likeness (QED) is 0.473. The first-order valence-corrected chi connectivity index (χ1v) is 10.3. The van der Waals surface area contributed by atoms with Crippen molar-refractivity contribution in [1.82, 2.24) is 19.6 Å². The number of nitrogens with zero attached hydrogens (tertiary/aromatic N) is 4. The topological polar surface area (TPSA) is 43.1 Å². The zero-order valence-corrected chi connectivity index (χ0v) is 16.7. The van der Waals surface area contributed by atoms with Crippen LogP contribution in [0, 0.1) is 6.92 Å². The standard InChI is InChI=1S/C22H23N4P/c1-14-20(15-7-3-2-4-8-15)25-21-18(13-24-26(21)22(14)27)17-11-16-9-5-6-10-19(16)23-12-17/h5-6,9-13,15H,2-4,7-8,27H2,1H3. The second kappa shape index (κ2) is 6.69. The van der Waals surface area contributed by atoms with Crippen molar-refractivity contribution in [2.75, 3.05) is 0 Å². The predicted octanol–water partition coefficient (Wildman–Crippen LogP) is 4.80. The van der Waals surface area contributed by atoms with Gasteiger partial charge < -0.3 is 0 Å². The molecule has 3 heterocycles. The van der Waals surface area contributed by atoms with E-state index in [1.54, 1.807) is 0 Å². The van der Waals surface area contributed by atoms with Crippen LogP contribution in [0.1, 0.15) is 49.3 Å². The van der Waals surface area contributed by atoms with E-state index in [1.165, 1.54) is 43.4 Å². The Hall–Kier alpha value is -2.32. The molecule has 136 valence electrons. The monoisotopic (exact) mass is 374 g/mol. The molecular formula is C22H23N4P. The first kappa shape index (κ1) is 16.8. The van der Waals surface area contributed by atoms with Crippen LogP contribution in [0.4, 0.5) is 0 Å². The van der Waals surface area contributed by atoms with Gasteiger partial charge in [-0.2, -0.15) is 5.10 Å². The fourth-order valence-electron chi connectivity index (χ4n) is 4.31. The van der Waals surface area contributed by atoms with E-state index < -0.39 is 0 Å². The molecule has 0 spiro atoms. The predicted molar refractivity (Wildman–Crippen MR) is 114 cm³/mol. The summed E-state index contributed by atoms with van der Waals surface area (Å²) >= 11 is 0. The molecule has 1 fully saturated rings. The molecule has 5 heteroatoms. The summed E-state index contributed by atoms with van der Waals surface area (Å²) in [7, 11) is 2.87. The van der Waals surface area contributed by atoms with E-state index >= 15 is 0 Å². The van der Waals surface area contributed by atoms with Crippen LogP contribution < -0.4 is 5.44 Å². The lowest BCUT2D eigenvalue weighted by Gasteiger charge is -2.23. The second-order valence-corrected chi connectivity index (χ2v) is 8.10. The Labute approximate surface area is 161 Å². The van der Waals surface area contributed by atoms with Gasteiger partial charge in [-0.05, 0) is 37.5 Å². The van der Waals surface area contributed by atoms with Crippen LogP contribution in [0.25, 0.3) is 27.7 Å². The number of para-hydroxylation sites is 1. The smallest absolute Gasteiger partial charge is 0.163 e. The summed E-state index contributed by atoms with van der Waals surface area (Å²) in [6.07, 6.45) is 10.3. The molecule has 1 atom stereocenters. The van der Waals surface area contributed by atoms with Crippen LogP contribution in [0.15, 0.2) is 42.7 Å². The number of pyridine rings is 1. The van der Waals surface area contributed by atoms with E-state index in [1.807, 2.05) is 35.1 Å². The van der Waals surface area contributed by atoms with Crippen LogP contribution in [0.2, 0.25) is 0 Å². The first-order chi connectivity index (χ1) is 13.2. The molecule has 3 aromatic heterocycles. The molecule has 0 aliphatic heterocycles. The van der Waals surface area contributed by atoms with Crippen molar-refractivity contribution in [3.8, 4) is 11.1 Å². The number of rotatable bonds is 2. The summed E-state index contributed by atoms with van der Waals surface area (Å²) in [4.78, 5) is 9.76. The summed E-state index contributed by atoms with van der Waals surface area (Å²) < 4.78 is 1.96. The summed E-state index contributed by atoms with van der Waals surface area (Å²) in [5.74, 6) is 0.570. The van der Waals surface area contributed by atoms with Gasteiger partial charge in [0.15, 0.2) is 5.65 Å². The lowest BCUT2D eigenvalue weighted by molar-refractivity contribution is 0.435. The van der Waals surface area contributed by atoms with Gasteiger partial charge >= 0.3 is 0 Å². The van der Waals surface area contributed by atoms with Crippen LogP contribution in [-0.4, -0.2) is 19.6 Å². The van der Waals surface area contributed by atoms with Gasteiger partial charge in [0.05, 0.1) is 22.8 Å². The van der Waals surface area contributed by atoms with Gasteiger partial charge in [0.2, 0.25) is 0 Å². The van der Waals surface area contributed by atoms with E-state index in [9.17, 15) is 0 Å². The van der Waals surface area contributed by atoms with Gasteiger partial charge in [0.25, 0.3) is 0 Å². The number of hydrogen-bond donors (Lipinski definition) is 0. The lowest BCUT2D eigenvalue weighted by Crippen LogP contribution is -2.19. The first-order valence-electron chi connectivity index (χ1n) is 9.71. The molecule has 1 aliphatic carbocycles. The molecule has 0 N–H and O–H groups in total. The normalized spacial score (nSPS) is 15.6. The van der Waals surface area contributed by atoms with Crippen molar-refractivity contribution in [2.24, 2.45) is 0 Å². The summed E-state index contributed by atoms with van der Waals surface area (Å²) in [5.41, 5.74) is 7.68. The number of fused-ring (bicyclic) bond motifs is 2. The minimum Gasteiger partial charge on any atom is -0.256 e. The second-order valence-electron chi connectivity index (χ2n) is 7.55. The molecule has 0 amide bonds. The van der Waals surface area contributed by atoms with Crippen molar-refractivity contribution in [3.63, 3.8) is 0 Å². The maximum atomic E-state index is 5.14. The summed E-state index contributed by atoms with van der Waals surface area (Å²) in [6, 6.07) is 10.4. The molecule has 4 nitrogen and oxygen atoms in total. The Kier molecular flexibility index (Phi) is 4.17. The summed E-state index contributed by atoms with van der Waals surface area (Å²) in [6.45, 7) is 2.18. The third-order valence-electron chi connectivity index (χ3n) is 5.86. The van der Waals surface area contributed by atoms with Crippen LogP contribution in [0.5, 0.6) is 0 Å². The lowest BCUT2D eigenvalue weighted by atomic mass is 9.85. The number of aromatic nitrogens is 4. The molecule has 1 unspecified atom stereocenters. The van der Waals surface area contributed by atoms with Crippen LogP contribution in [-0.2, 0) is 0 Å². The number of hydrogen-bond acceptors (Lipinski definition) is 3. The maximum Gasteiger partial charge on any atom is 0.163 e. The third kappa shape index (κ3) is 2.83. The van der Waals surface area contributed by atoms with Gasteiger partial charge in [-0.1, -0.05) is 46.7 Å². The Balaban J connectivity index is 1.69.